The molecule has 0 atom stereocenters. The molecular weight excluding hydrogens is 207 g/mol. The summed E-state index contributed by atoms with van der Waals surface area (Å²) < 4.78 is 37.6. The second-order valence-electron chi connectivity index (χ2n) is 2.32. The maximum Gasteiger partial charge on any atom is 0.261 e. The van der Waals surface area contributed by atoms with Crippen molar-refractivity contribution >= 4 is 10.0 Å². The number of halogens is 1. The largest absolute Gasteiger partial charge is 0.261 e. The summed E-state index contributed by atoms with van der Waals surface area (Å²) in [6, 6.07) is 2.31. The van der Waals surface area contributed by atoms with Crippen LogP contribution in [0.2, 0.25) is 0 Å². The number of aromatic nitrogens is 1. The Hall–Kier alpha value is -1.45. The van der Waals surface area contributed by atoms with E-state index in [2.05, 4.69) is 10.9 Å². The van der Waals surface area contributed by atoms with Crippen molar-refractivity contribution in [1.82, 2.24) is 9.71 Å². The lowest BCUT2D eigenvalue weighted by atomic mass is 10.5. The zero-order chi connectivity index (χ0) is 10.6. The van der Waals surface area contributed by atoms with Gasteiger partial charge in [-0.15, -0.1) is 6.42 Å². The molecule has 1 heterocycles. The molecule has 0 saturated heterocycles. The standard InChI is InChI=1S/C8H7FN2O2S/c1-2-5-11-14(12,13)8-7(9)4-3-6-10-8/h1,3-4,6,11H,5H2. The molecule has 0 amide bonds. The van der Waals surface area contributed by atoms with Gasteiger partial charge in [-0.1, -0.05) is 5.92 Å². The molecule has 0 aromatic carbocycles. The topological polar surface area (TPSA) is 59.1 Å². The van der Waals surface area contributed by atoms with Crippen LogP contribution in [0.1, 0.15) is 0 Å². The van der Waals surface area contributed by atoms with Crippen LogP contribution in [0.4, 0.5) is 4.39 Å². The van der Waals surface area contributed by atoms with Crippen molar-refractivity contribution in [2.24, 2.45) is 0 Å². The third-order valence-corrected chi connectivity index (χ3v) is 2.68. The Morgan fingerprint density at radius 1 is 1.64 bits per heavy atom. The Labute approximate surface area is 81.2 Å². The fourth-order valence-corrected chi connectivity index (χ4v) is 1.71. The van der Waals surface area contributed by atoms with Crippen molar-refractivity contribution < 1.29 is 12.8 Å². The Morgan fingerprint density at radius 3 is 2.93 bits per heavy atom. The highest BCUT2D eigenvalue weighted by molar-refractivity contribution is 7.89. The minimum absolute atomic E-state index is 0.196. The van der Waals surface area contributed by atoms with Crippen LogP contribution in [0, 0.1) is 18.2 Å². The molecule has 1 rings (SSSR count). The van der Waals surface area contributed by atoms with E-state index in [4.69, 9.17) is 6.42 Å². The van der Waals surface area contributed by atoms with Crippen molar-refractivity contribution in [3.05, 3.63) is 24.1 Å². The van der Waals surface area contributed by atoms with E-state index in [1.807, 2.05) is 4.72 Å². The van der Waals surface area contributed by atoms with E-state index in [1.54, 1.807) is 0 Å². The van der Waals surface area contributed by atoms with Crippen LogP contribution in [0.5, 0.6) is 0 Å². The minimum atomic E-state index is -3.93. The maximum atomic E-state index is 13.0. The summed E-state index contributed by atoms with van der Waals surface area (Å²) in [5, 5.41) is -0.643. The number of sulfonamides is 1. The molecule has 0 spiro atoms. The van der Waals surface area contributed by atoms with E-state index in [0.717, 1.165) is 6.07 Å². The molecule has 1 N–H and O–H groups in total. The van der Waals surface area contributed by atoms with Gasteiger partial charge >= 0.3 is 0 Å². The molecule has 74 valence electrons. The second kappa shape index (κ2) is 4.17. The number of hydrogen-bond acceptors (Lipinski definition) is 3. The summed E-state index contributed by atoms with van der Waals surface area (Å²) in [4.78, 5) is 3.41. The third-order valence-electron chi connectivity index (χ3n) is 1.34. The molecule has 1 aromatic heterocycles. The molecule has 0 aliphatic carbocycles. The summed E-state index contributed by atoms with van der Waals surface area (Å²) in [7, 11) is -3.93. The maximum absolute atomic E-state index is 13.0. The summed E-state index contributed by atoms with van der Waals surface area (Å²) in [5.74, 6) is 1.17. The first-order valence-corrected chi connectivity index (χ1v) is 5.10. The van der Waals surface area contributed by atoms with Gasteiger partial charge in [0.05, 0.1) is 6.54 Å². The summed E-state index contributed by atoms with van der Waals surface area (Å²) in [6.07, 6.45) is 6.05. The van der Waals surface area contributed by atoms with Crippen molar-refractivity contribution in [1.29, 1.82) is 0 Å². The lowest BCUT2D eigenvalue weighted by Gasteiger charge is -2.02. The molecule has 14 heavy (non-hydrogen) atoms. The second-order valence-corrected chi connectivity index (χ2v) is 4.00. The van der Waals surface area contributed by atoms with Gasteiger partial charge in [0.2, 0.25) is 5.03 Å². The van der Waals surface area contributed by atoms with Crippen LogP contribution in [-0.4, -0.2) is 19.9 Å². The zero-order valence-electron chi connectivity index (χ0n) is 7.07. The SMILES string of the molecule is C#CCNS(=O)(=O)c1ncccc1F. The summed E-state index contributed by atoms with van der Waals surface area (Å²) in [5.41, 5.74) is 0. The van der Waals surface area contributed by atoms with Crippen LogP contribution >= 0.6 is 0 Å². The van der Waals surface area contributed by atoms with E-state index in [9.17, 15) is 12.8 Å². The third kappa shape index (κ3) is 2.28. The normalized spacial score (nSPS) is 10.9. The summed E-state index contributed by atoms with van der Waals surface area (Å²) >= 11 is 0. The minimum Gasteiger partial charge on any atom is -0.241 e. The van der Waals surface area contributed by atoms with Crippen LogP contribution in [0.25, 0.3) is 0 Å². The fourth-order valence-electron chi connectivity index (χ4n) is 0.774. The van der Waals surface area contributed by atoms with Gasteiger partial charge < -0.3 is 0 Å². The highest BCUT2D eigenvalue weighted by Gasteiger charge is 2.18. The van der Waals surface area contributed by atoms with Crippen LogP contribution in [0.15, 0.2) is 23.4 Å². The van der Waals surface area contributed by atoms with Crippen LogP contribution in [-0.2, 0) is 10.0 Å². The van der Waals surface area contributed by atoms with E-state index in [1.165, 1.54) is 12.3 Å². The predicted octanol–water partition coefficient (Wildman–Crippen LogP) is 0.132. The highest BCUT2D eigenvalue weighted by atomic mass is 32.2. The Bertz CT molecular complexity index is 464. The Morgan fingerprint density at radius 2 is 2.36 bits per heavy atom. The molecule has 4 nitrogen and oxygen atoms in total. The van der Waals surface area contributed by atoms with Crippen molar-refractivity contribution in [3.63, 3.8) is 0 Å². The first-order valence-electron chi connectivity index (χ1n) is 3.61. The van der Waals surface area contributed by atoms with Crippen LogP contribution in [0.3, 0.4) is 0 Å². The van der Waals surface area contributed by atoms with Crippen LogP contribution < -0.4 is 4.72 Å². The number of terminal acetylenes is 1. The van der Waals surface area contributed by atoms with Gasteiger partial charge in [0.15, 0.2) is 5.82 Å². The molecule has 0 saturated carbocycles. The average molecular weight is 214 g/mol. The summed E-state index contributed by atoms with van der Waals surface area (Å²) in [6.45, 7) is -0.196. The lowest BCUT2D eigenvalue weighted by Crippen LogP contribution is -2.25. The van der Waals surface area contributed by atoms with Gasteiger partial charge in [-0.25, -0.2) is 17.8 Å². The number of hydrogen-bond donors (Lipinski definition) is 1. The molecule has 1 aromatic rings. The number of rotatable bonds is 3. The van der Waals surface area contributed by atoms with Crippen molar-refractivity contribution in [2.75, 3.05) is 6.54 Å². The number of pyridine rings is 1. The molecule has 0 aliphatic heterocycles. The van der Waals surface area contributed by atoms with Gasteiger partial charge in [-0.2, -0.15) is 4.72 Å². The molecule has 0 unspecified atom stereocenters. The number of nitrogens with zero attached hydrogens (tertiary/aromatic N) is 1. The van der Waals surface area contributed by atoms with Gasteiger partial charge in [0.1, 0.15) is 0 Å². The molecule has 0 fully saturated rings. The molecule has 6 heteroatoms. The monoisotopic (exact) mass is 214 g/mol. The smallest absolute Gasteiger partial charge is 0.241 e. The van der Waals surface area contributed by atoms with Gasteiger partial charge in [0, 0.05) is 6.20 Å². The zero-order valence-corrected chi connectivity index (χ0v) is 7.88. The molecule has 0 bridgehead atoms. The van der Waals surface area contributed by atoms with Gasteiger partial charge in [0.25, 0.3) is 10.0 Å². The Kier molecular flexibility index (Phi) is 3.17. The van der Waals surface area contributed by atoms with Crippen molar-refractivity contribution in [3.8, 4) is 12.3 Å². The van der Waals surface area contributed by atoms with E-state index in [0.29, 0.717) is 0 Å². The molecule has 0 radical (unpaired) electrons. The van der Waals surface area contributed by atoms with E-state index >= 15 is 0 Å². The van der Waals surface area contributed by atoms with E-state index < -0.39 is 20.9 Å². The Balaban J connectivity index is 3.06. The molecule has 0 aliphatic rings. The first kappa shape index (κ1) is 10.6. The van der Waals surface area contributed by atoms with E-state index in [-0.39, 0.29) is 6.54 Å². The molecular formula is C8H7FN2O2S. The first-order chi connectivity index (χ1) is 6.58. The highest BCUT2D eigenvalue weighted by Crippen LogP contribution is 2.08. The average Bonchev–Trinajstić information content (AvgIpc) is 2.15. The number of nitrogens with one attached hydrogen (secondary N) is 1. The predicted molar refractivity (Wildman–Crippen MR) is 48.2 cm³/mol. The van der Waals surface area contributed by atoms with Gasteiger partial charge in [-0.05, 0) is 12.1 Å². The van der Waals surface area contributed by atoms with Crippen molar-refractivity contribution in [2.45, 2.75) is 5.03 Å². The fraction of sp³-hybridized carbons (Fsp3) is 0.125. The van der Waals surface area contributed by atoms with Gasteiger partial charge in [-0.3, -0.25) is 0 Å². The quantitative estimate of drug-likeness (QED) is 0.728. The lowest BCUT2D eigenvalue weighted by molar-refractivity contribution is 0.547.